The number of hydrogen-bond donors (Lipinski definition) is 2. The monoisotopic (exact) mass is 421 g/mol. The molecule has 152 valence electrons. The lowest BCUT2D eigenvalue weighted by Crippen LogP contribution is -2.34. The zero-order valence-electron chi connectivity index (χ0n) is 16.2. The summed E-state index contributed by atoms with van der Waals surface area (Å²) in [6, 6.07) is 22.8. The van der Waals surface area contributed by atoms with Crippen LogP contribution in [-0.2, 0) is 4.79 Å². The first-order valence-electron chi connectivity index (χ1n) is 9.23. The van der Waals surface area contributed by atoms with Gasteiger partial charge in [0.2, 0.25) is 0 Å². The van der Waals surface area contributed by atoms with Gasteiger partial charge in [-0.25, -0.2) is 5.43 Å². The van der Waals surface area contributed by atoms with Gasteiger partial charge in [-0.05, 0) is 48.9 Å². The molecular formula is C23H20ClN3O3. The van der Waals surface area contributed by atoms with E-state index in [1.54, 1.807) is 55.5 Å². The molecule has 0 aliphatic carbocycles. The van der Waals surface area contributed by atoms with Crippen LogP contribution < -0.4 is 15.5 Å². The molecule has 0 radical (unpaired) electrons. The van der Waals surface area contributed by atoms with Gasteiger partial charge in [-0.15, -0.1) is 0 Å². The number of nitrogens with zero attached hydrogens (tertiary/aromatic N) is 1. The van der Waals surface area contributed by atoms with E-state index in [0.29, 0.717) is 22.0 Å². The molecule has 3 rings (SSSR count). The minimum atomic E-state index is -0.859. The number of para-hydroxylation sites is 1. The van der Waals surface area contributed by atoms with E-state index < -0.39 is 12.0 Å². The summed E-state index contributed by atoms with van der Waals surface area (Å²) in [5.74, 6) is -0.503. The molecule has 7 heteroatoms. The molecule has 0 saturated heterocycles. The summed E-state index contributed by atoms with van der Waals surface area (Å²) < 4.78 is 5.72. The number of ether oxygens (including phenoxy) is 1. The first-order valence-corrected chi connectivity index (χ1v) is 9.61. The first kappa shape index (κ1) is 21.1. The van der Waals surface area contributed by atoms with Crippen molar-refractivity contribution in [3.63, 3.8) is 0 Å². The summed E-state index contributed by atoms with van der Waals surface area (Å²) >= 11 is 5.87. The van der Waals surface area contributed by atoms with Crippen molar-refractivity contribution in [3.05, 3.63) is 95.0 Å². The average Bonchev–Trinajstić information content (AvgIpc) is 2.76. The molecule has 0 heterocycles. The summed E-state index contributed by atoms with van der Waals surface area (Å²) in [7, 11) is 0. The zero-order valence-corrected chi connectivity index (χ0v) is 17.0. The lowest BCUT2D eigenvalue weighted by atomic mass is 10.1. The van der Waals surface area contributed by atoms with Gasteiger partial charge in [0, 0.05) is 10.7 Å². The van der Waals surface area contributed by atoms with E-state index in [0.717, 1.165) is 5.56 Å². The van der Waals surface area contributed by atoms with Gasteiger partial charge in [-0.1, -0.05) is 54.1 Å². The topological polar surface area (TPSA) is 79.8 Å². The second-order valence-electron chi connectivity index (χ2n) is 6.36. The van der Waals surface area contributed by atoms with Gasteiger partial charge >= 0.3 is 0 Å². The van der Waals surface area contributed by atoms with Crippen LogP contribution in [0.1, 0.15) is 22.8 Å². The van der Waals surface area contributed by atoms with Crippen molar-refractivity contribution in [2.24, 2.45) is 5.10 Å². The number of carbonyl (C=O) groups is 2. The number of carbonyl (C=O) groups excluding carboxylic acids is 2. The molecule has 0 bridgehead atoms. The largest absolute Gasteiger partial charge is 0.480 e. The minimum absolute atomic E-state index is 0.290. The van der Waals surface area contributed by atoms with E-state index in [1.165, 1.54) is 6.21 Å². The average molecular weight is 422 g/mol. The SMILES string of the molecule is CC(Oc1ccccc1C(=O)Nc1ccc(Cl)cc1)C(=O)N/N=C/c1ccccc1. The Bertz CT molecular complexity index is 1040. The maximum atomic E-state index is 12.7. The summed E-state index contributed by atoms with van der Waals surface area (Å²) in [6.07, 6.45) is 0.681. The highest BCUT2D eigenvalue weighted by molar-refractivity contribution is 6.30. The van der Waals surface area contributed by atoms with E-state index in [2.05, 4.69) is 15.8 Å². The van der Waals surface area contributed by atoms with Crippen LogP contribution in [-0.4, -0.2) is 24.1 Å². The van der Waals surface area contributed by atoms with Gasteiger partial charge < -0.3 is 10.1 Å². The second kappa shape index (κ2) is 10.2. The third-order valence-electron chi connectivity index (χ3n) is 4.09. The number of benzene rings is 3. The fourth-order valence-corrected chi connectivity index (χ4v) is 2.66. The van der Waals surface area contributed by atoms with Crippen molar-refractivity contribution in [1.82, 2.24) is 5.43 Å². The summed E-state index contributed by atoms with van der Waals surface area (Å²) in [5.41, 5.74) is 4.20. The Morgan fingerprint density at radius 3 is 2.37 bits per heavy atom. The molecule has 0 fully saturated rings. The Hall–Kier alpha value is -3.64. The number of rotatable bonds is 7. The van der Waals surface area contributed by atoms with Crippen LogP contribution in [0.3, 0.4) is 0 Å². The third-order valence-corrected chi connectivity index (χ3v) is 4.35. The number of anilines is 1. The standard InChI is InChI=1S/C23H20ClN3O3/c1-16(22(28)27-25-15-17-7-3-2-4-8-17)30-21-10-6-5-9-20(21)23(29)26-19-13-11-18(24)12-14-19/h2-16H,1H3,(H,26,29)(H,27,28)/b25-15+. The van der Waals surface area contributed by atoms with Crippen LogP contribution in [0.4, 0.5) is 5.69 Å². The smallest absolute Gasteiger partial charge is 0.280 e. The van der Waals surface area contributed by atoms with Crippen molar-refractivity contribution in [2.75, 3.05) is 5.32 Å². The van der Waals surface area contributed by atoms with Crippen LogP contribution >= 0.6 is 11.6 Å². The normalized spacial score (nSPS) is 11.7. The maximum absolute atomic E-state index is 12.7. The fourth-order valence-electron chi connectivity index (χ4n) is 2.53. The van der Waals surface area contributed by atoms with Gasteiger partial charge in [-0.2, -0.15) is 5.10 Å². The Balaban J connectivity index is 1.63. The number of amides is 2. The third kappa shape index (κ3) is 5.93. The molecule has 0 saturated carbocycles. The van der Waals surface area contributed by atoms with Crippen molar-refractivity contribution in [1.29, 1.82) is 0 Å². The van der Waals surface area contributed by atoms with E-state index in [1.807, 2.05) is 30.3 Å². The van der Waals surface area contributed by atoms with E-state index >= 15 is 0 Å². The van der Waals surface area contributed by atoms with Gasteiger partial charge in [0.25, 0.3) is 11.8 Å². The second-order valence-corrected chi connectivity index (χ2v) is 6.80. The van der Waals surface area contributed by atoms with Crippen molar-refractivity contribution < 1.29 is 14.3 Å². The molecule has 30 heavy (non-hydrogen) atoms. The van der Waals surface area contributed by atoms with Gasteiger partial charge in [-0.3, -0.25) is 9.59 Å². The molecule has 6 nitrogen and oxygen atoms in total. The molecule has 0 aliphatic heterocycles. The number of hydrogen-bond acceptors (Lipinski definition) is 4. The molecule has 3 aromatic rings. The van der Waals surface area contributed by atoms with Crippen LogP contribution in [0.25, 0.3) is 0 Å². The summed E-state index contributed by atoms with van der Waals surface area (Å²) in [4.78, 5) is 24.9. The molecule has 0 aromatic heterocycles. The highest BCUT2D eigenvalue weighted by atomic mass is 35.5. The highest BCUT2D eigenvalue weighted by Crippen LogP contribution is 2.22. The van der Waals surface area contributed by atoms with Gasteiger partial charge in [0.05, 0.1) is 11.8 Å². The molecule has 2 amide bonds. The Morgan fingerprint density at radius 2 is 1.63 bits per heavy atom. The van der Waals surface area contributed by atoms with Crippen LogP contribution in [0, 0.1) is 0 Å². The minimum Gasteiger partial charge on any atom is -0.480 e. The Kier molecular flexibility index (Phi) is 7.19. The Morgan fingerprint density at radius 1 is 0.967 bits per heavy atom. The van der Waals surface area contributed by atoms with E-state index in [9.17, 15) is 9.59 Å². The zero-order chi connectivity index (χ0) is 21.3. The number of nitrogens with one attached hydrogen (secondary N) is 2. The van der Waals surface area contributed by atoms with Gasteiger partial charge in [0.15, 0.2) is 6.10 Å². The number of hydrazone groups is 1. The quantitative estimate of drug-likeness (QED) is 0.435. The molecule has 3 aromatic carbocycles. The fraction of sp³-hybridized carbons (Fsp3) is 0.0870. The lowest BCUT2D eigenvalue weighted by Gasteiger charge is -2.16. The van der Waals surface area contributed by atoms with E-state index in [-0.39, 0.29) is 5.91 Å². The molecule has 1 atom stereocenters. The summed E-state index contributed by atoms with van der Waals surface area (Å²) in [6.45, 7) is 1.58. The molecule has 0 aliphatic rings. The van der Waals surface area contributed by atoms with E-state index in [4.69, 9.17) is 16.3 Å². The first-order chi connectivity index (χ1) is 14.5. The predicted octanol–water partition coefficient (Wildman–Crippen LogP) is 4.51. The van der Waals surface area contributed by atoms with Crippen LogP contribution in [0.5, 0.6) is 5.75 Å². The summed E-state index contributed by atoms with van der Waals surface area (Å²) in [5, 5.41) is 7.28. The highest BCUT2D eigenvalue weighted by Gasteiger charge is 2.18. The molecule has 1 unspecified atom stereocenters. The van der Waals surface area contributed by atoms with Gasteiger partial charge in [0.1, 0.15) is 5.75 Å². The van der Waals surface area contributed by atoms with Crippen molar-refractivity contribution >= 4 is 35.3 Å². The Labute approximate surface area is 179 Å². The predicted molar refractivity (Wildman–Crippen MR) is 118 cm³/mol. The molecular weight excluding hydrogens is 402 g/mol. The lowest BCUT2D eigenvalue weighted by molar-refractivity contribution is -0.127. The number of halogens is 1. The molecule has 2 N–H and O–H groups in total. The molecule has 0 spiro atoms. The van der Waals surface area contributed by atoms with Crippen LogP contribution in [0.15, 0.2) is 84.0 Å². The van der Waals surface area contributed by atoms with Crippen LogP contribution in [0.2, 0.25) is 5.02 Å². The van der Waals surface area contributed by atoms with Crippen molar-refractivity contribution in [2.45, 2.75) is 13.0 Å². The maximum Gasteiger partial charge on any atom is 0.280 e. The van der Waals surface area contributed by atoms with Crippen molar-refractivity contribution in [3.8, 4) is 5.75 Å².